The zero-order valence-electron chi connectivity index (χ0n) is 13.6. The number of nitrogens with one attached hydrogen (secondary N) is 1. The first-order valence-corrected chi connectivity index (χ1v) is 9.20. The molecule has 2 rings (SSSR count). The first-order chi connectivity index (χ1) is 10.5. The minimum Gasteiger partial charge on any atom is -0.444 e. The molecule has 1 aliphatic carbocycles. The van der Waals surface area contributed by atoms with Crippen molar-refractivity contribution in [3.05, 3.63) is 0 Å². The molecule has 2 atom stereocenters. The molecule has 2 fully saturated rings. The van der Waals surface area contributed by atoms with Gasteiger partial charge in [-0.15, -0.1) is 0 Å². The van der Waals surface area contributed by atoms with Crippen molar-refractivity contribution in [2.24, 2.45) is 5.92 Å². The van der Waals surface area contributed by atoms with Gasteiger partial charge in [-0.1, -0.05) is 19.3 Å². The quantitative estimate of drug-likeness (QED) is 0.590. The predicted octanol–water partition coefficient (Wildman–Crippen LogP) is 1.47. The Morgan fingerprint density at radius 2 is 1.83 bits per heavy atom. The SMILES string of the molecule is CC(C)(C)OC(=O)NC1C(=O)N(S(=O)(=O)O)C1C1CCCCC1. The van der Waals surface area contributed by atoms with E-state index in [1.165, 1.54) is 0 Å². The summed E-state index contributed by atoms with van der Waals surface area (Å²) in [6, 6.07) is -1.72. The second-order valence-corrected chi connectivity index (χ2v) is 8.41. The molecule has 23 heavy (non-hydrogen) atoms. The number of carbonyl (C=O) groups is 2. The van der Waals surface area contributed by atoms with Crippen molar-refractivity contribution < 1.29 is 27.3 Å². The average molecular weight is 348 g/mol. The van der Waals surface area contributed by atoms with Gasteiger partial charge in [-0.3, -0.25) is 9.35 Å². The Balaban J connectivity index is 2.13. The molecule has 8 nitrogen and oxygen atoms in total. The molecule has 2 aliphatic rings. The van der Waals surface area contributed by atoms with E-state index in [1.807, 2.05) is 0 Å². The van der Waals surface area contributed by atoms with Gasteiger partial charge in [0.05, 0.1) is 6.04 Å². The second kappa shape index (κ2) is 6.27. The standard InChI is InChI=1S/C14H24N2O6S/c1-14(2,3)22-13(18)15-10-11(9-7-5-4-6-8-9)16(12(10)17)23(19,20)21/h9-11H,4-8H2,1-3H3,(H,15,18)(H,19,20,21). The predicted molar refractivity (Wildman–Crippen MR) is 81.9 cm³/mol. The number of carbonyl (C=O) groups excluding carboxylic acids is 2. The van der Waals surface area contributed by atoms with Crippen molar-refractivity contribution in [3.63, 3.8) is 0 Å². The third kappa shape index (κ3) is 4.14. The van der Waals surface area contributed by atoms with Crippen LogP contribution in [0.15, 0.2) is 0 Å². The van der Waals surface area contributed by atoms with Gasteiger partial charge in [-0.05, 0) is 39.5 Å². The van der Waals surface area contributed by atoms with E-state index in [9.17, 15) is 22.6 Å². The van der Waals surface area contributed by atoms with Gasteiger partial charge in [-0.2, -0.15) is 8.42 Å². The van der Waals surface area contributed by atoms with Gasteiger partial charge in [0.25, 0.3) is 5.91 Å². The lowest BCUT2D eigenvalue weighted by molar-refractivity contribution is -0.145. The summed E-state index contributed by atoms with van der Waals surface area (Å²) in [6.45, 7) is 5.08. The van der Waals surface area contributed by atoms with Crippen LogP contribution in [0, 0.1) is 5.92 Å². The number of nitrogens with zero attached hydrogens (tertiary/aromatic N) is 1. The van der Waals surface area contributed by atoms with Gasteiger partial charge in [0.1, 0.15) is 11.6 Å². The van der Waals surface area contributed by atoms with E-state index >= 15 is 0 Å². The van der Waals surface area contributed by atoms with E-state index in [2.05, 4.69) is 5.32 Å². The molecule has 132 valence electrons. The van der Waals surface area contributed by atoms with Crippen molar-refractivity contribution >= 4 is 22.3 Å². The Labute approximate surface area is 136 Å². The Bertz CT molecular complexity index is 577. The number of rotatable bonds is 3. The summed E-state index contributed by atoms with van der Waals surface area (Å²) in [5.74, 6) is -0.891. The molecule has 0 aromatic rings. The number of hydrogen-bond acceptors (Lipinski definition) is 5. The maximum atomic E-state index is 12.1. The van der Waals surface area contributed by atoms with E-state index in [-0.39, 0.29) is 5.92 Å². The maximum absolute atomic E-state index is 12.1. The van der Waals surface area contributed by atoms with Crippen LogP contribution in [-0.4, -0.2) is 47.0 Å². The van der Waals surface area contributed by atoms with Gasteiger partial charge in [0, 0.05) is 0 Å². The van der Waals surface area contributed by atoms with Crippen molar-refractivity contribution in [2.75, 3.05) is 0 Å². The van der Waals surface area contributed by atoms with Gasteiger partial charge >= 0.3 is 16.4 Å². The summed E-state index contributed by atoms with van der Waals surface area (Å²) in [7, 11) is -4.63. The number of amides is 2. The van der Waals surface area contributed by atoms with Crippen LogP contribution < -0.4 is 5.32 Å². The molecule has 1 aliphatic heterocycles. The largest absolute Gasteiger partial charge is 0.444 e. The molecular weight excluding hydrogens is 324 g/mol. The molecular formula is C14H24N2O6S. The Kier molecular flexibility index (Phi) is 4.91. The Morgan fingerprint density at radius 1 is 1.26 bits per heavy atom. The number of alkyl carbamates (subject to hydrolysis) is 1. The summed E-state index contributed by atoms with van der Waals surface area (Å²) < 4.78 is 37.8. The van der Waals surface area contributed by atoms with Crippen LogP contribution in [0.3, 0.4) is 0 Å². The maximum Gasteiger partial charge on any atom is 0.408 e. The lowest BCUT2D eigenvalue weighted by atomic mass is 9.77. The summed E-state index contributed by atoms with van der Waals surface area (Å²) >= 11 is 0. The molecule has 1 heterocycles. The minimum absolute atomic E-state index is 0.0664. The molecule has 0 spiro atoms. The Morgan fingerprint density at radius 3 is 2.30 bits per heavy atom. The lowest BCUT2D eigenvalue weighted by Crippen LogP contribution is -2.74. The highest BCUT2D eigenvalue weighted by atomic mass is 32.2. The number of β-lactam (4-membered cyclic amide) rings is 1. The zero-order valence-corrected chi connectivity index (χ0v) is 14.4. The molecule has 0 radical (unpaired) electrons. The average Bonchev–Trinajstić information content (AvgIpc) is 2.39. The van der Waals surface area contributed by atoms with E-state index in [4.69, 9.17) is 4.74 Å². The molecule has 2 unspecified atom stereocenters. The van der Waals surface area contributed by atoms with Crippen LogP contribution in [-0.2, 0) is 19.8 Å². The van der Waals surface area contributed by atoms with Crippen LogP contribution in [0.25, 0.3) is 0 Å². The topological polar surface area (TPSA) is 113 Å². The van der Waals surface area contributed by atoms with Crippen molar-refractivity contribution in [1.29, 1.82) is 0 Å². The number of hydrogen-bond donors (Lipinski definition) is 2. The summed E-state index contributed by atoms with van der Waals surface area (Å²) in [5.41, 5.74) is -0.722. The van der Waals surface area contributed by atoms with Crippen LogP contribution in [0.2, 0.25) is 0 Å². The van der Waals surface area contributed by atoms with Crippen molar-refractivity contribution in [3.8, 4) is 0 Å². The monoisotopic (exact) mass is 348 g/mol. The lowest BCUT2D eigenvalue weighted by Gasteiger charge is -2.48. The van der Waals surface area contributed by atoms with Gasteiger partial charge < -0.3 is 10.1 Å². The molecule has 1 saturated carbocycles. The third-order valence-electron chi connectivity index (χ3n) is 4.15. The van der Waals surface area contributed by atoms with Crippen LogP contribution >= 0.6 is 0 Å². The van der Waals surface area contributed by atoms with E-state index in [0.717, 1.165) is 32.1 Å². The zero-order chi connectivity index (χ0) is 17.4. The molecule has 9 heteroatoms. The van der Waals surface area contributed by atoms with E-state index in [0.29, 0.717) is 4.31 Å². The van der Waals surface area contributed by atoms with Crippen molar-refractivity contribution in [2.45, 2.75) is 70.6 Å². The molecule has 0 aromatic carbocycles. The van der Waals surface area contributed by atoms with Crippen LogP contribution in [0.1, 0.15) is 52.9 Å². The molecule has 1 saturated heterocycles. The normalized spacial score (nSPS) is 26.6. The van der Waals surface area contributed by atoms with E-state index < -0.39 is 40.0 Å². The summed E-state index contributed by atoms with van der Waals surface area (Å²) in [4.78, 5) is 24.0. The van der Waals surface area contributed by atoms with Crippen molar-refractivity contribution in [1.82, 2.24) is 9.62 Å². The smallest absolute Gasteiger partial charge is 0.408 e. The second-order valence-electron chi connectivity index (χ2n) is 7.12. The van der Waals surface area contributed by atoms with Gasteiger partial charge in [-0.25, -0.2) is 9.10 Å². The molecule has 0 aromatic heterocycles. The van der Waals surface area contributed by atoms with Gasteiger partial charge in [0.15, 0.2) is 0 Å². The van der Waals surface area contributed by atoms with Crippen LogP contribution in [0.4, 0.5) is 4.79 Å². The minimum atomic E-state index is -4.63. The summed E-state index contributed by atoms with van der Waals surface area (Å²) in [5, 5.41) is 2.44. The fourth-order valence-electron chi connectivity index (χ4n) is 3.27. The van der Waals surface area contributed by atoms with E-state index in [1.54, 1.807) is 20.8 Å². The highest BCUT2D eigenvalue weighted by Gasteiger charge is 2.57. The molecule has 2 N–H and O–H groups in total. The summed E-state index contributed by atoms with van der Waals surface area (Å²) in [6.07, 6.45) is 3.69. The first kappa shape index (κ1) is 18.0. The fraction of sp³-hybridized carbons (Fsp3) is 0.857. The van der Waals surface area contributed by atoms with Crippen LogP contribution in [0.5, 0.6) is 0 Å². The highest BCUT2D eigenvalue weighted by molar-refractivity contribution is 7.84. The molecule has 0 bridgehead atoms. The fourth-order valence-corrected chi connectivity index (χ4v) is 4.21. The molecule has 2 amide bonds. The first-order valence-electron chi connectivity index (χ1n) is 7.81. The highest BCUT2D eigenvalue weighted by Crippen LogP contribution is 2.37. The van der Waals surface area contributed by atoms with Gasteiger partial charge in [0.2, 0.25) is 0 Å². The Hall–Kier alpha value is -1.35. The third-order valence-corrected chi connectivity index (χ3v) is 5.07. The number of ether oxygens (including phenoxy) is 1.